The Kier molecular flexibility index (Phi) is 7.90. The summed E-state index contributed by atoms with van der Waals surface area (Å²) in [4.78, 5) is 32.0. The lowest BCUT2D eigenvalue weighted by Gasteiger charge is -2.26. The predicted molar refractivity (Wildman–Crippen MR) is 137 cm³/mol. The Morgan fingerprint density at radius 1 is 1.00 bits per heavy atom. The number of pyridine rings is 1. The first-order valence-corrected chi connectivity index (χ1v) is 12.1. The van der Waals surface area contributed by atoms with Crippen LogP contribution in [0.25, 0.3) is 5.76 Å². The minimum Gasteiger partial charge on any atom is -0.507 e. The minimum absolute atomic E-state index is 0.000976. The number of hydrogen-bond donors (Lipinski definition) is 1. The van der Waals surface area contributed by atoms with E-state index in [1.54, 1.807) is 67.0 Å². The number of rotatable bonds is 9. The lowest BCUT2D eigenvalue weighted by Crippen LogP contribution is -2.29. The molecule has 7 nitrogen and oxygen atoms in total. The molecule has 36 heavy (non-hydrogen) atoms. The van der Waals surface area contributed by atoms with Gasteiger partial charge in [-0.2, -0.15) is 0 Å². The molecule has 0 bridgehead atoms. The van der Waals surface area contributed by atoms with Crippen molar-refractivity contribution in [2.24, 2.45) is 0 Å². The maximum Gasteiger partial charge on any atom is 0.295 e. The van der Waals surface area contributed by atoms with Crippen LogP contribution in [-0.4, -0.2) is 39.9 Å². The smallest absolute Gasteiger partial charge is 0.295 e. The van der Waals surface area contributed by atoms with Crippen molar-refractivity contribution in [2.45, 2.75) is 32.9 Å². The summed E-state index contributed by atoms with van der Waals surface area (Å²) in [7, 11) is 0. The van der Waals surface area contributed by atoms with Gasteiger partial charge in [0.05, 0.1) is 24.8 Å². The van der Waals surface area contributed by atoms with Gasteiger partial charge in [0, 0.05) is 29.5 Å². The summed E-state index contributed by atoms with van der Waals surface area (Å²) < 4.78 is 11.6. The van der Waals surface area contributed by atoms with Gasteiger partial charge in [0.25, 0.3) is 11.7 Å². The fourth-order valence-electron chi connectivity index (χ4n) is 4.13. The van der Waals surface area contributed by atoms with Crippen LogP contribution < -0.4 is 9.47 Å². The van der Waals surface area contributed by atoms with E-state index in [1.807, 2.05) is 13.8 Å². The molecular formula is C28H27ClN2O5. The standard InChI is InChI=1S/C28H27ClN2O5/c1-3-15-36-22-10-7-20(16-23(22)35-4-2)25-24(26(32)19-5-8-21(29)9-6-19)27(33)28(34)31(25)17-18-11-13-30-14-12-18/h5-14,16,25,32H,3-4,15,17H2,1-2H3/b26-24+. The molecule has 1 aliphatic heterocycles. The number of ketones is 1. The predicted octanol–water partition coefficient (Wildman–Crippen LogP) is 5.54. The zero-order chi connectivity index (χ0) is 25.7. The Hall–Kier alpha value is -3.84. The van der Waals surface area contributed by atoms with Gasteiger partial charge in [-0.15, -0.1) is 0 Å². The second-order valence-electron chi connectivity index (χ2n) is 8.28. The highest BCUT2D eigenvalue weighted by atomic mass is 35.5. The topological polar surface area (TPSA) is 89.0 Å². The molecule has 1 atom stereocenters. The quantitative estimate of drug-likeness (QED) is 0.233. The lowest BCUT2D eigenvalue weighted by molar-refractivity contribution is -0.140. The fourth-order valence-corrected chi connectivity index (χ4v) is 4.26. The molecule has 2 aromatic carbocycles. The number of aliphatic hydroxyl groups is 1. The summed E-state index contributed by atoms with van der Waals surface area (Å²) in [6.45, 7) is 4.97. The monoisotopic (exact) mass is 506 g/mol. The third-order valence-electron chi connectivity index (χ3n) is 5.80. The van der Waals surface area contributed by atoms with E-state index < -0.39 is 17.7 Å². The molecule has 1 amide bonds. The largest absolute Gasteiger partial charge is 0.507 e. The van der Waals surface area contributed by atoms with E-state index in [0.717, 1.165) is 12.0 Å². The highest BCUT2D eigenvalue weighted by molar-refractivity contribution is 6.46. The van der Waals surface area contributed by atoms with Gasteiger partial charge >= 0.3 is 0 Å². The second kappa shape index (κ2) is 11.3. The van der Waals surface area contributed by atoms with Crippen molar-refractivity contribution in [3.05, 3.63) is 94.3 Å². The molecule has 0 aliphatic carbocycles. The van der Waals surface area contributed by atoms with Crippen molar-refractivity contribution in [1.29, 1.82) is 0 Å². The molecule has 1 aliphatic rings. The Morgan fingerprint density at radius 3 is 2.39 bits per heavy atom. The van der Waals surface area contributed by atoms with Gasteiger partial charge in [-0.1, -0.05) is 24.6 Å². The summed E-state index contributed by atoms with van der Waals surface area (Å²) in [6, 6.07) is 14.5. The third-order valence-corrected chi connectivity index (χ3v) is 6.06. The first-order chi connectivity index (χ1) is 17.4. The lowest BCUT2D eigenvalue weighted by atomic mass is 9.95. The van der Waals surface area contributed by atoms with E-state index >= 15 is 0 Å². The van der Waals surface area contributed by atoms with Gasteiger partial charge in [-0.25, -0.2) is 0 Å². The number of nitrogens with zero attached hydrogens (tertiary/aromatic N) is 2. The van der Waals surface area contributed by atoms with E-state index in [-0.39, 0.29) is 17.9 Å². The first kappa shape index (κ1) is 25.3. The molecule has 0 saturated carbocycles. The summed E-state index contributed by atoms with van der Waals surface area (Å²) >= 11 is 6.01. The number of carbonyl (C=O) groups excluding carboxylic acids is 2. The second-order valence-corrected chi connectivity index (χ2v) is 8.71. The third kappa shape index (κ3) is 5.21. The molecule has 1 aromatic heterocycles. The van der Waals surface area contributed by atoms with Crippen molar-refractivity contribution < 1.29 is 24.2 Å². The van der Waals surface area contributed by atoms with Crippen molar-refractivity contribution in [3.63, 3.8) is 0 Å². The number of likely N-dealkylation sites (tertiary alicyclic amines) is 1. The van der Waals surface area contributed by atoms with Crippen LogP contribution in [0.1, 0.15) is 43.0 Å². The molecule has 8 heteroatoms. The molecule has 186 valence electrons. The number of Topliss-reactive ketones (excluding diaryl/α,β-unsaturated/α-hetero) is 1. The Bertz CT molecular complexity index is 1270. The van der Waals surface area contributed by atoms with Crippen LogP contribution in [0.2, 0.25) is 5.02 Å². The van der Waals surface area contributed by atoms with Crippen molar-refractivity contribution in [1.82, 2.24) is 9.88 Å². The Morgan fingerprint density at radius 2 is 1.72 bits per heavy atom. The number of aliphatic hydroxyl groups excluding tert-OH is 1. The number of hydrogen-bond acceptors (Lipinski definition) is 6. The summed E-state index contributed by atoms with van der Waals surface area (Å²) in [6.07, 6.45) is 4.09. The number of halogens is 1. The molecule has 0 spiro atoms. The number of carbonyl (C=O) groups is 2. The van der Waals surface area contributed by atoms with Crippen LogP contribution in [0, 0.1) is 0 Å². The fraction of sp³-hybridized carbons (Fsp3) is 0.250. The number of ether oxygens (including phenoxy) is 2. The maximum absolute atomic E-state index is 13.3. The zero-order valence-corrected chi connectivity index (χ0v) is 20.9. The van der Waals surface area contributed by atoms with Gasteiger partial charge in [-0.05, 0) is 73.0 Å². The highest BCUT2D eigenvalue weighted by Crippen LogP contribution is 2.42. The normalized spacial score (nSPS) is 16.9. The van der Waals surface area contributed by atoms with Crippen molar-refractivity contribution >= 4 is 29.1 Å². The minimum atomic E-state index is -0.840. The van der Waals surface area contributed by atoms with Gasteiger partial charge < -0.3 is 19.5 Å². The van der Waals surface area contributed by atoms with Crippen LogP contribution in [0.4, 0.5) is 0 Å². The van der Waals surface area contributed by atoms with Gasteiger partial charge in [-0.3, -0.25) is 14.6 Å². The van der Waals surface area contributed by atoms with Crippen LogP contribution in [0.15, 0.2) is 72.6 Å². The van der Waals surface area contributed by atoms with Crippen LogP contribution >= 0.6 is 11.6 Å². The van der Waals surface area contributed by atoms with Crippen LogP contribution in [-0.2, 0) is 16.1 Å². The average Bonchev–Trinajstić information content (AvgIpc) is 3.13. The first-order valence-electron chi connectivity index (χ1n) is 11.8. The Balaban J connectivity index is 1.86. The van der Waals surface area contributed by atoms with E-state index in [2.05, 4.69) is 4.98 Å². The molecule has 1 saturated heterocycles. The Labute approximate surface area is 214 Å². The van der Waals surface area contributed by atoms with Gasteiger partial charge in [0.2, 0.25) is 0 Å². The maximum atomic E-state index is 13.3. The molecule has 1 N–H and O–H groups in total. The van der Waals surface area contributed by atoms with Crippen molar-refractivity contribution in [2.75, 3.05) is 13.2 Å². The molecule has 1 fully saturated rings. The summed E-state index contributed by atoms with van der Waals surface area (Å²) in [5.74, 6) is -0.644. The molecule has 3 aromatic rings. The van der Waals surface area contributed by atoms with E-state index in [9.17, 15) is 14.7 Å². The van der Waals surface area contributed by atoms with Gasteiger partial charge in [0.15, 0.2) is 11.5 Å². The molecular weight excluding hydrogens is 480 g/mol. The SMILES string of the molecule is CCCOc1ccc(C2/C(=C(\O)c3ccc(Cl)cc3)C(=O)C(=O)N2Cc2ccncc2)cc1OCC. The molecule has 1 unspecified atom stereocenters. The summed E-state index contributed by atoms with van der Waals surface area (Å²) in [5, 5.41) is 11.7. The average molecular weight is 507 g/mol. The molecule has 0 radical (unpaired) electrons. The number of benzene rings is 2. The summed E-state index contributed by atoms with van der Waals surface area (Å²) in [5.41, 5.74) is 1.81. The number of amides is 1. The number of aromatic nitrogens is 1. The van der Waals surface area contributed by atoms with E-state index in [0.29, 0.717) is 40.9 Å². The van der Waals surface area contributed by atoms with Crippen LogP contribution in [0.3, 0.4) is 0 Å². The van der Waals surface area contributed by atoms with Crippen molar-refractivity contribution in [3.8, 4) is 11.5 Å². The van der Waals surface area contributed by atoms with E-state index in [1.165, 1.54) is 4.90 Å². The molecule has 2 heterocycles. The van der Waals surface area contributed by atoms with Crippen LogP contribution in [0.5, 0.6) is 11.5 Å². The van der Waals surface area contributed by atoms with E-state index in [4.69, 9.17) is 21.1 Å². The van der Waals surface area contributed by atoms with Gasteiger partial charge in [0.1, 0.15) is 5.76 Å². The zero-order valence-electron chi connectivity index (χ0n) is 20.1. The molecule has 4 rings (SSSR count). The highest BCUT2D eigenvalue weighted by Gasteiger charge is 2.46.